The SMILES string of the molecule is OC1([C@@H]2CC(C3CCCC3(O)[C@H]3CCCN3)CN2)CCCC1. The predicted molar refractivity (Wildman–Crippen MR) is 86.6 cm³/mol. The van der Waals surface area contributed by atoms with E-state index in [-0.39, 0.29) is 6.04 Å². The third kappa shape index (κ3) is 2.43. The van der Waals surface area contributed by atoms with E-state index in [2.05, 4.69) is 10.6 Å². The molecule has 5 atom stereocenters. The standard InChI is InChI=1S/C18H32N2O2/c21-17(7-1-2-8-17)16-11-13(12-20-16)14-5-3-9-18(14,22)15-6-4-10-19-15/h13-16,19-22H,1-12H2/t13?,14?,15-,16+,18?/m1/s1. The van der Waals surface area contributed by atoms with E-state index < -0.39 is 11.2 Å². The Morgan fingerprint density at radius 3 is 2.36 bits per heavy atom. The third-order valence-corrected chi connectivity index (χ3v) is 7.25. The van der Waals surface area contributed by atoms with E-state index in [9.17, 15) is 10.2 Å². The van der Waals surface area contributed by atoms with Crippen molar-refractivity contribution in [2.45, 2.75) is 87.5 Å². The molecule has 0 radical (unpaired) electrons. The van der Waals surface area contributed by atoms with Gasteiger partial charge in [-0.2, -0.15) is 0 Å². The first-order valence-electron chi connectivity index (χ1n) is 9.53. The lowest BCUT2D eigenvalue weighted by Gasteiger charge is -2.39. The average Bonchev–Trinajstić information content (AvgIpc) is 3.26. The van der Waals surface area contributed by atoms with Gasteiger partial charge >= 0.3 is 0 Å². The van der Waals surface area contributed by atoms with Crippen molar-refractivity contribution < 1.29 is 10.2 Å². The quantitative estimate of drug-likeness (QED) is 0.639. The normalized spacial score (nSPS) is 48.3. The van der Waals surface area contributed by atoms with Crippen LogP contribution in [0.2, 0.25) is 0 Å². The van der Waals surface area contributed by atoms with Gasteiger partial charge in [0.2, 0.25) is 0 Å². The Kier molecular flexibility index (Phi) is 4.00. The molecule has 4 fully saturated rings. The van der Waals surface area contributed by atoms with Gasteiger partial charge in [-0.25, -0.2) is 0 Å². The molecule has 0 bridgehead atoms. The van der Waals surface area contributed by atoms with Gasteiger partial charge in [-0.05, 0) is 69.9 Å². The molecule has 4 aliphatic rings. The highest BCUT2D eigenvalue weighted by molar-refractivity contribution is 5.08. The predicted octanol–water partition coefficient (Wildman–Crippen LogP) is 1.55. The first kappa shape index (κ1) is 15.4. The van der Waals surface area contributed by atoms with E-state index in [4.69, 9.17) is 0 Å². The molecular formula is C18H32N2O2. The van der Waals surface area contributed by atoms with Crippen molar-refractivity contribution in [3.63, 3.8) is 0 Å². The molecule has 2 aliphatic carbocycles. The van der Waals surface area contributed by atoms with Crippen LogP contribution in [0.4, 0.5) is 0 Å². The van der Waals surface area contributed by atoms with Crippen molar-refractivity contribution in [3.05, 3.63) is 0 Å². The van der Waals surface area contributed by atoms with E-state index in [1.54, 1.807) is 0 Å². The first-order chi connectivity index (χ1) is 10.6. The summed E-state index contributed by atoms with van der Waals surface area (Å²) in [5, 5.41) is 29.4. The third-order valence-electron chi connectivity index (χ3n) is 7.25. The Hall–Kier alpha value is -0.160. The Bertz CT molecular complexity index is 404. The van der Waals surface area contributed by atoms with Gasteiger partial charge in [-0.3, -0.25) is 0 Å². The van der Waals surface area contributed by atoms with Gasteiger partial charge in [0, 0.05) is 12.1 Å². The zero-order valence-corrected chi connectivity index (χ0v) is 13.7. The summed E-state index contributed by atoms with van der Waals surface area (Å²) in [6.45, 7) is 2.04. The lowest BCUT2D eigenvalue weighted by molar-refractivity contribution is -0.0474. The Labute approximate surface area is 134 Å². The summed E-state index contributed by atoms with van der Waals surface area (Å²) in [6.07, 6.45) is 10.9. The van der Waals surface area contributed by atoms with Crippen molar-refractivity contribution in [2.75, 3.05) is 13.1 Å². The highest BCUT2D eigenvalue weighted by atomic mass is 16.3. The molecule has 22 heavy (non-hydrogen) atoms. The minimum Gasteiger partial charge on any atom is -0.388 e. The molecule has 4 heteroatoms. The summed E-state index contributed by atoms with van der Waals surface area (Å²) in [7, 11) is 0. The fraction of sp³-hybridized carbons (Fsp3) is 1.00. The van der Waals surface area contributed by atoms with E-state index in [0.717, 1.165) is 58.0 Å². The van der Waals surface area contributed by atoms with Crippen molar-refractivity contribution in [2.24, 2.45) is 11.8 Å². The molecule has 4 rings (SSSR count). The van der Waals surface area contributed by atoms with E-state index in [1.165, 1.54) is 19.3 Å². The van der Waals surface area contributed by atoms with Gasteiger partial charge in [0.05, 0.1) is 11.2 Å². The summed E-state index contributed by atoms with van der Waals surface area (Å²) in [5.74, 6) is 0.940. The molecule has 0 aromatic rings. The maximum atomic E-state index is 11.4. The molecule has 2 heterocycles. The van der Waals surface area contributed by atoms with Gasteiger partial charge in [0.25, 0.3) is 0 Å². The molecule has 0 spiro atoms. The first-order valence-corrected chi connectivity index (χ1v) is 9.53. The Morgan fingerprint density at radius 2 is 1.64 bits per heavy atom. The summed E-state index contributed by atoms with van der Waals surface area (Å²) < 4.78 is 0. The second kappa shape index (κ2) is 5.73. The summed E-state index contributed by atoms with van der Waals surface area (Å²) in [5.41, 5.74) is -0.979. The zero-order valence-electron chi connectivity index (χ0n) is 13.7. The minimum absolute atomic E-state index is 0.251. The van der Waals surface area contributed by atoms with Crippen LogP contribution in [0.15, 0.2) is 0 Å². The average molecular weight is 308 g/mol. The van der Waals surface area contributed by atoms with Crippen LogP contribution in [0.25, 0.3) is 0 Å². The summed E-state index contributed by atoms with van der Waals surface area (Å²) in [6, 6.07) is 0.551. The van der Waals surface area contributed by atoms with Gasteiger partial charge in [0.15, 0.2) is 0 Å². The van der Waals surface area contributed by atoms with Gasteiger partial charge in [-0.1, -0.05) is 19.3 Å². The van der Waals surface area contributed by atoms with Crippen molar-refractivity contribution >= 4 is 0 Å². The zero-order chi connectivity index (χ0) is 15.2. The molecule has 3 unspecified atom stereocenters. The molecule has 126 valence electrons. The smallest absolute Gasteiger partial charge is 0.0831 e. The molecule has 2 aliphatic heterocycles. The van der Waals surface area contributed by atoms with Gasteiger partial charge in [0.1, 0.15) is 0 Å². The van der Waals surface area contributed by atoms with E-state index in [0.29, 0.717) is 17.9 Å². The molecule has 4 nitrogen and oxygen atoms in total. The largest absolute Gasteiger partial charge is 0.388 e. The topological polar surface area (TPSA) is 64.5 Å². The molecule has 0 amide bonds. The van der Waals surface area contributed by atoms with Crippen LogP contribution in [-0.4, -0.2) is 46.6 Å². The van der Waals surface area contributed by atoms with Crippen LogP contribution >= 0.6 is 0 Å². The summed E-state index contributed by atoms with van der Waals surface area (Å²) >= 11 is 0. The summed E-state index contributed by atoms with van der Waals surface area (Å²) in [4.78, 5) is 0. The lowest BCUT2D eigenvalue weighted by Crippen LogP contribution is -2.52. The minimum atomic E-state index is -0.504. The Balaban J connectivity index is 1.45. The fourth-order valence-corrected chi connectivity index (χ4v) is 6.04. The molecule has 0 aromatic carbocycles. The number of rotatable bonds is 3. The lowest BCUT2D eigenvalue weighted by atomic mass is 9.74. The monoisotopic (exact) mass is 308 g/mol. The molecule has 0 aromatic heterocycles. The molecular weight excluding hydrogens is 276 g/mol. The number of aliphatic hydroxyl groups is 2. The van der Waals surface area contributed by atoms with Crippen molar-refractivity contribution in [1.29, 1.82) is 0 Å². The van der Waals surface area contributed by atoms with Crippen LogP contribution < -0.4 is 10.6 Å². The van der Waals surface area contributed by atoms with Crippen molar-refractivity contribution in [3.8, 4) is 0 Å². The Morgan fingerprint density at radius 1 is 0.818 bits per heavy atom. The highest BCUT2D eigenvalue weighted by Gasteiger charge is 2.53. The maximum Gasteiger partial charge on any atom is 0.0831 e. The van der Waals surface area contributed by atoms with Crippen LogP contribution in [0.3, 0.4) is 0 Å². The van der Waals surface area contributed by atoms with E-state index in [1.807, 2.05) is 0 Å². The van der Waals surface area contributed by atoms with Crippen LogP contribution in [0, 0.1) is 11.8 Å². The van der Waals surface area contributed by atoms with Crippen molar-refractivity contribution in [1.82, 2.24) is 10.6 Å². The van der Waals surface area contributed by atoms with Gasteiger partial charge < -0.3 is 20.8 Å². The van der Waals surface area contributed by atoms with Crippen LogP contribution in [0.5, 0.6) is 0 Å². The van der Waals surface area contributed by atoms with Gasteiger partial charge in [-0.15, -0.1) is 0 Å². The molecule has 4 N–H and O–H groups in total. The number of hydrogen-bond acceptors (Lipinski definition) is 4. The second-order valence-electron chi connectivity index (χ2n) is 8.41. The molecule has 2 saturated heterocycles. The maximum absolute atomic E-state index is 11.4. The highest BCUT2D eigenvalue weighted by Crippen LogP contribution is 2.48. The molecule has 2 saturated carbocycles. The fourth-order valence-electron chi connectivity index (χ4n) is 6.04. The van der Waals surface area contributed by atoms with Crippen LogP contribution in [0.1, 0.15) is 64.2 Å². The van der Waals surface area contributed by atoms with Crippen LogP contribution in [-0.2, 0) is 0 Å². The number of hydrogen-bond donors (Lipinski definition) is 4. The number of nitrogens with one attached hydrogen (secondary N) is 2. The van der Waals surface area contributed by atoms with E-state index >= 15 is 0 Å². The second-order valence-corrected chi connectivity index (χ2v) is 8.41.